The molecule has 0 spiro atoms. The number of unbranched alkanes of at least 4 members (excludes halogenated alkanes) is 21. The Morgan fingerprint density at radius 1 is 0.500 bits per heavy atom. The molecule has 32 heavy (non-hydrogen) atoms. The van der Waals surface area contributed by atoms with Gasteiger partial charge >= 0.3 is 0 Å². The van der Waals surface area contributed by atoms with Gasteiger partial charge in [0.15, 0.2) is 0 Å². The average molecular weight is 453 g/mol. The van der Waals surface area contributed by atoms with Crippen LogP contribution >= 0.6 is 0 Å². The summed E-state index contributed by atoms with van der Waals surface area (Å²) in [6.07, 6.45) is 32.0. The van der Waals surface area contributed by atoms with Crippen LogP contribution in [-0.2, 0) is 4.79 Å². The molecule has 0 radical (unpaired) electrons. The molecule has 0 aliphatic heterocycles. The number of rotatable bonds is 27. The monoisotopic (exact) mass is 452 g/mol. The Kier molecular flexibility index (Phi) is 26.6. The first-order valence-corrected chi connectivity index (χ1v) is 14.9. The van der Waals surface area contributed by atoms with E-state index in [1.807, 2.05) is 0 Å². The van der Waals surface area contributed by atoms with Crippen molar-refractivity contribution in [3.05, 3.63) is 0 Å². The van der Waals surface area contributed by atoms with Crippen LogP contribution in [0.1, 0.15) is 181 Å². The van der Waals surface area contributed by atoms with Crippen molar-refractivity contribution in [1.29, 1.82) is 0 Å². The van der Waals surface area contributed by atoms with Gasteiger partial charge in [0.1, 0.15) is 5.78 Å². The topological polar surface area (TPSA) is 37.3 Å². The number of hydrogen-bond donors (Lipinski definition) is 1. The maximum atomic E-state index is 12.1. The number of Topliss-reactive ketones (excluding diaryl/α,β-unsaturated/α-hetero) is 1. The first-order chi connectivity index (χ1) is 15.7. The van der Waals surface area contributed by atoms with Crippen LogP contribution in [0, 0.1) is 0 Å². The van der Waals surface area contributed by atoms with Crippen LogP contribution in [0.15, 0.2) is 0 Å². The zero-order chi connectivity index (χ0) is 23.5. The highest BCUT2D eigenvalue weighted by Crippen LogP contribution is 2.15. The van der Waals surface area contributed by atoms with Crippen LogP contribution in [0.3, 0.4) is 0 Å². The molecule has 0 aliphatic carbocycles. The van der Waals surface area contributed by atoms with Crippen LogP contribution in [0.5, 0.6) is 0 Å². The fourth-order valence-electron chi connectivity index (χ4n) is 4.67. The summed E-state index contributed by atoms with van der Waals surface area (Å²) in [7, 11) is 0. The molecule has 0 aromatic heterocycles. The largest absolute Gasteiger partial charge is 0.393 e. The van der Waals surface area contributed by atoms with E-state index in [4.69, 9.17) is 0 Å². The maximum absolute atomic E-state index is 12.1. The van der Waals surface area contributed by atoms with E-state index >= 15 is 0 Å². The molecule has 2 nitrogen and oxygen atoms in total. The Bertz CT molecular complexity index is 366. The Hall–Kier alpha value is -0.370. The zero-order valence-corrected chi connectivity index (χ0v) is 22.3. The van der Waals surface area contributed by atoms with E-state index in [-0.39, 0.29) is 5.78 Å². The quantitative estimate of drug-likeness (QED) is 0.126. The summed E-state index contributed by atoms with van der Waals surface area (Å²) in [5.74, 6) is 0.270. The van der Waals surface area contributed by atoms with Gasteiger partial charge in [-0.25, -0.2) is 0 Å². The van der Waals surface area contributed by atoms with Crippen LogP contribution in [0.25, 0.3) is 0 Å². The fourth-order valence-corrected chi connectivity index (χ4v) is 4.67. The number of ketones is 1. The predicted octanol–water partition coefficient (Wildman–Crippen LogP) is 10.1. The molecule has 0 rings (SSSR count). The highest BCUT2D eigenvalue weighted by molar-refractivity contribution is 5.78. The number of carbonyl (C=O) groups excluding carboxylic acids is 1. The summed E-state index contributed by atoms with van der Waals surface area (Å²) in [6.45, 7) is 4.54. The molecule has 192 valence electrons. The third-order valence-corrected chi connectivity index (χ3v) is 6.91. The van der Waals surface area contributed by atoms with E-state index in [0.29, 0.717) is 12.8 Å². The summed E-state index contributed by atoms with van der Waals surface area (Å²) in [5, 5.41) is 10.1. The molecule has 2 heteroatoms. The van der Waals surface area contributed by atoms with Crippen molar-refractivity contribution in [3.8, 4) is 0 Å². The standard InChI is InChI=1S/C30H60O2/c1-3-5-7-9-11-13-15-16-17-19-21-23-25-27-30(32)28-29(31)26-24-22-20-18-14-12-10-8-6-4-2/h30,32H,3-28H2,1-2H3. The van der Waals surface area contributed by atoms with Crippen molar-refractivity contribution in [2.45, 2.75) is 187 Å². The van der Waals surface area contributed by atoms with E-state index in [1.165, 1.54) is 135 Å². The lowest BCUT2D eigenvalue weighted by Gasteiger charge is -2.10. The average Bonchev–Trinajstić information content (AvgIpc) is 2.78. The van der Waals surface area contributed by atoms with Gasteiger partial charge in [0.05, 0.1) is 6.10 Å². The van der Waals surface area contributed by atoms with Crippen molar-refractivity contribution in [1.82, 2.24) is 0 Å². The fraction of sp³-hybridized carbons (Fsp3) is 0.967. The highest BCUT2D eigenvalue weighted by Gasteiger charge is 2.10. The van der Waals surface area contributed by atoms with Crippen LogP contribution in [-0.4, -0.2) is 17.0 Å². The zero-order valence-electron chi connectivity index (χ0n) is 22.3. The van der Waals surface area contributed by atoms with Crippen LogP contribution in [0.2, 0.25) is 0 Å². The summed E-state index contributed by atoms with van der Waals surface area (Å²) in [6, 6.07) is 0. The van der Waals surface area contributed by atoms with Gasteiger partial charge in [-0.3, -0.25) is 4.79 Å². The molecule has 0 aromatic rings. The molecule has 0 saturated carbocycles. The van der Waals surface area contributed by atoms with Gasteiger partial charge in [0.2, 0.25) is 0 Å². The Labute approximate surface area is 202 Å². The second-order valence-electron chi connectivity index (χ2n) is 10.4. The Morgan fingerprint density at radius 2 is 0.812 bits per heavy atom. The lowest BCUT2D eigenvalue weighted by molar-refractivity contribution is -0.121. The van der Waals surface area contributed by atoms with E-state index in [1.54, 1.807) is 0 Å². The molecule has 0 amide bonds. The van der Waals surface area contributed by atoms with Gasteiger partial charge in [-0.2, -0.15) is 0 Å². The summed E-state index contributed by atoms with van der Waals surface area (Å²) >= 11 is 0. The van der Waals surface area contributed by atoms with Gasteiger partial charge in [-0.1, -0.05) is 155 Å². The van der Waals surface area contributed by atoms with E-state index in [9.17, 15) is 9.90 Å². The number of hydrogen-bond acceptors (Lipinski definition) is 2. The highest BCUT2D eigenvalue weighted by atomic mass is 16.3. The Morgan fingerprint density at radius 3 is 1.19 bits per heavy atom. The maximum Gasteiger partial charge on any atom is 0.135 e. The van der Waals surface area contributed by atoms with Crippen molar-refractivity contribution in [2.24, 2.45) is 0 Å². The summed E-state index contributed by atoms with van der Waals surface area (Å²) in [5.41, 5.74) is 0. The number of aliphatic hydroxyl groups excluding tert-OH is 1. The normalized spacial score (nSPS) is 12.3. The molecular weight excluding hydrogens is 392 g/mol. The minimum Gasteiger partial charge on any atom is -0.393 e. The number of carbonyl (C=O) groups is 1. The third-order valence-electron chi connectivity index (χ3n) is 6.91. The molecule has 0 aliphatic rings. The second-order valence-corrected chi connectivity index (χ2v) is 10.4. The predicted molar refractivity (Wildman–Crippen MR) is 142 cm³/mol. The number of aliphatic hydroxyl groups is 1. The van der Waals surface area contributed by atoms with E-state index in [2.05, 4.69) is 13.8 Å². The molecule has 1 unspecified atom stereocenters. The molecule has 0 fully saturated rings. The molecule has 0 heterocycles. The molecule has 0 aromatic carbocycles. The van der Waals surface area contributed by atoms with Crippen molar-refractivity contribution in [3.63, 3.8) is 0 Å². The van der Waals surface area contributed by atoms with Crippen LogP contribution in [0.4, 0.5) is 0 Å². The first kappa shape index (κ1) is 31.6. The van der Waals surface area contributed by atoms with Crippen LogP contribution < -0.4 is 0 Å². The lowest BCUT2D eigenvalue weighted by Crippen LogP contribution is -2.13. The van der Waals surface area contributed by atoms with E-state index in [0.717, 1.165) is 19.3 Å². The third kappa shape index (κ3) is 25.9. The molecule has 1 atom stereocenters. The van der Waals surface area contributed by atoms with Crippen molar-refractivity contribution >= 4 is 5.78 Å². The van der Waals surface area contributed by atoms with Gasteiger partial charge in [-0.05, 0) is 12.8 Å². The lowest BCUT2D eigenvalue weighted by atomic mass is 10.0. The Balaban J connectivity index is 3.29. The van der Waals surface area contributed by atoms with Crippen molar-refractivity contribution in [2.75, 3.05) is 0 Å². The minimum atomic E-state index is -0.404. The van der Waals surface area contributed by atoms with Crippen molar-refractivity contribution < 1.29 is 9.90 Å². The SMILES string of the molecule is CCCCCCCCCCCCCCCC(O)CC(=O)CCCCCCCCCCCC. The first-order valence-electron chi connectivity index (χ1n) is 14.9. The second kappa shape index (κ2) is 26.9. The van der Waals surface area contributed by atoms with Gasteiger partial charge in [0, 0.05) is 12.8 Å². The van der Waals surface area contributed by atoms with E-state index < -0.39 is 6.10 Å². The summed E-state index contributed by atoms with van der Waals surface area (Å²) in [4.78, 5) is 12.1. The molecule has 0 bridgehead atoms. The molecular formula is C30H60O2. The summed E-state index contributed by atoms with van der Waals surface area (Å²) < 4.78 is 0. The van der Waals surface area contributed by atoms with Gasteiger partial charge in [-0.15, -0.1) is 0 Å². The van der Waals surface area contributed by atoms with Gasteiger partial charge < -0.3 is 5.11 Å². The minimum absolute atomic E-state index is 0.270. The van der Waals surface area contributed by atoms with Gasteiger partial charge in [0.25, 0.3) is 0 Å². The smallest absolute Gasteiger partial charge is 0.135 e. The molecule has 1 N–H and O–H groups in total. The molecule has 0 saturated heterocycles.